The number of hydrogen-bond acceptors (Lipinski definition) is 2. The van der Waals surface area contributed by atoms with Gasteiger partial charge in [-0.1, -0.05) is 79.9 Å². The van der Waals surface area contributed by atoms with Gasteiger partial charge < -0.3 is 10.2 Å². The molecule has 2 amide bonds. The molecule has 1 aliphatic rings. The normalized spacial score (nSPS) is 14.7. The van der Waals surface area contributed by atoms with E-state index in [2.05, 4.69) is 5.32 Å². The number of halogens is 1. The van der Waals surface area contributed by atoms with Gasteiger partial charge in [0.2, 0.25) is 11.8 Å². The Morgan fingerprint density at radius 1 is 0.865 bits per heavy atom. The fourth-order valence-corrected chi connectivity index (χ4v) is 5.07. The van der Waals surface area contributed by atoms with Crippen LogP contribution in [0.4, 0.5) is 4.39 Å². The summed E-state index contributed by atoms with van der Waals surface area (Å²) in [4.78, 5) is 29.4. The number of rotatable bonds is 9. The van der Waals surface area contributed by atoms with E-state index in [-0.39, 0.29) is 36.6 Å². The van der Waals surface area contributed by atoms with Crippen molar-refractivity contribution < 1.29 is 14.0 Å². The third kappa shape index (κ3) is 7.51. The molecule has 0 saturated heterocycles. The van der Waals surface area contributed by atoms with E-state index in [0.29, 0.717) is 6.42 Å². The summed E-state index contributed by atoms with van der Waals surface area (Å²) >= 11 is 0. The molecule has 1 N–H and O–H groups in total. The maximum absolute atomic E-state index is 13.9. The van der Waals surface area contributed by atoms with Gasteiger partial charge in [-0.05, 0) is 66.6 Å². The van der Waals surface area contributed by atoms with Gasteiger partial charge in [-0.25, -0.2) is 4.39 Å². The van der Waals surface area contributed by atoms with Crippen LogP contribution >= 0.6 is 0 Å². The smallest absolute Gasteiger partial charge is 0.243 e. The van der Waals surface area contributed by atoms with Crippen LogP contribution in [0.25, 0.3) is 0 Å². The summed E-state index contributed by atoms with van der Waals surface area (Å²) < 4.78 is 13.6. The molecule has 1 fully saturated rings. The van der Waals surface area contributed by atoms with Crippen LogP contribution in [0.1, 0.15) is 59.9 Å². The van der Waals surface area contributed by atoms with Gasteiger partial charge in [0.1, 0.15) is 11.9 Å². The molecule has 194 valence electrons. The minimum Gasteiger partial charge on any atom is -0.352 e. The van der Waals surface area contributed by atoms with E-state index < -0.39 is 6.04 Å². The molecule has 5 heteroatoms. The molecule has 1 saturated carbocycles. The number of amides is 2. The lowest BCUT2D eigenvalue weighted by Crippen LogP contribution is -2.53. The third-order valence-electron chi connectivity index (χ3n) is 7.42. The lowest BCUT2D eigenvalue weighted by atomic mass is 9.94. The summed E-state index contributed by atoms with van der Waals surface area (Å²) in [5.41, 5.74) is 5.01. The lowest BCUT2D eigenvalue weighted by Gasteiger charge is -2.33. The Bertz CT molecular complexity index is 1190. The highest BCUT2D eigenvalue weighted by atomic mass is 19.1. The molecule has 0 spiro atoms. The van der Waals surface area contributed by atoms with Crippen molar-refractivity contribution in [1.82, 2.24) is 10.2 Å². The monoisotopic (exact) mass is 500 g/mol. The molecular weight excluding hydrogens is 463 g/mol. The molecule has 0 aromatic heterocycles. The van der Waals surface area contributed by atoms with Crippen molar-refractivity contribution in [2.24, 2.45) is 0 Å². The van der Waals surface area contributed by atoms with Crippen molar-refractivity contribution in [1.29, 1.82) is 0 Å². The van der Waals surface area contributed by atoms with Gasteiger partial charge in [0.05, 0.1) is 6.42 Å². The Kier molecular flexibility index (Phi) is 9.10. The van der Waals surface area contributed by atoms with Crippen molar-refractivity contribution in [2.75, 3.05) is 0 Å². The summed E-state index contributed by atoms with van der Waals surface area (Å²) in [6.45, 7) is 4.32. The quantitative estimate of drug-likeness (QED) is 0.387. The summed E-state index contributed by atoms with van der Waals surface area (Å²) in [5, 5.41) is 3.26. The fourth-order valence-electron chi connectivity index (χ4n) is 5.07. The summed E-state index contributed by atoms with van der Waals surface area (Å²) in [7, 11) is 0. The number of nitrogens with one attached hydrogen (secondary N) is 1. The zero-order valence-electron chi connectivity index (χ0n) is 21.9. The second kappa shape index (κ2) is 12.7. The van der Waals surface area contributed by atoms with Crippen LogP contribution in [0, 0.1) is 19.7 Å². The number of aryl methyl sites for hydroxylation is 2. The van der Waals surface area contributed by atoms with Crippen LogP contribution in [-0.4, -0.2) is 28.8 Å². The highest BCUT2D eigenvalue weighted by Gasteiger charge is 2.32. The topological polar surface area (TPSA) is 49.4 Å². The Balaban J connectivity index is 1.65. The number of carbonyl (C=O) groups excluding carboxylic acids is 2. The number of hydrogen-bond donors (Lipinski definition) is 1. The lowest BCUT2D eigenvalue weighted by molar-refractivity contribution is -0.141. The molecule has 1 aliphatic carbocycles. The third-order valence-corrected chi connectivity index (χ3v) is 7.42. The van der Waals surface area contributed by atoms with Gasteiger partial charge in [0.15, 0.2) is 0 Å². The van der Waals surface area contributed by atoms with E-state index in [1.165, 1.54) is 24.1 Å². The van der Waals surface area contributed by atoms with Crippen LogP contribution in [-0.2, 0) is 29.0 Å². The number of benzene rings is 3. The second-order valence-corrected chi connectivity index (χ2v) is 10.3. The first-order chi connectivity index (χ1) is 17.9. The maximum Gasteiger partial charge on any atom is 0.243 e. The van der Waals surface area contributed by atoms with E-state index in [0.717, 1.165) is 47.9 Å². The zero-order chi connectivity index (χ0) is 26.2. The summed E-state index contributed by atoms with van der Waals surface area (Å²) in [5.74, 6) is -0.564. The highest BCUT2D eigenvalue weighted by molar-refractivity contribution is 5.89. The van der Waals surface area contributed by atoms with E-state index in [1.807, 2.05) is 62.4 Å². The molecule has 3 aromatic carbocycles. The first-order valence-corrected chi connectivity index (χ1v) is 13.3. The Hall–Kier alpha value is -3.47. The largest absolute Gasteiger partial charge is 0.352 e. The van der Waals surface area contributed by atoms with Crippen molar-refractivity contribution in [3.05, 3.63) is 106 Å². The van der Waals surface area contributed by atoms with Gasteiger partial charge >= 0.3 is 0 Å². The molecular formula is C32H37FN2O2. The van der Waals surface area contributed by atoms with Crippen molar-refractivity contribution >= 4 is 11.8 Å². The van der Waals surface area contributed by atoms with Gasteiger partial charge in [0.25, 0.3) is 0 Å². The summed E-state index contributed by atoms with van der Waals surface area (Å²) in [6, 6.07) is 21.5. The molecule has 4 rings (SSSR count). The second-order valence-electron chi connectivity index (χ2n) is 10.3. The van der Waals surface area contributed by atoms with Gasteiger partial charge in [-0.2, -0.15) is 0 Å². The zero-order valence-corrected chi connectivity index (χ0v) is 21.9. The standard InChI is InChI=1S/C32H37FN2O2/c1-23-13-14-27(19-24(23)2)21-31(36)35(22-26-15-17-28(33)18-16-26)30(20-25-9-5-3-6-10-25)32(37)34-29-11-7-4-8-12-29/h3,5-6,9-10,13-19,29-30H,4,7-8,11-12,20-22H2,1-2H3,(H,34,37)/t30-/m1/s1. The molecule has 3 aromatic rings. The maximum atomic E-state index is 13.9. The van der Waals surface area contributed by atoms with E-state index >= 15 is 0 Å². The molecule has 0 heterocycles. The van der Waals surface area contributed by atoms with Crippen LogP contribution in [0.15, 0.2) is 72.8 Å². The van der Waals surface area contributed by atoms with E-state index in [4.69, 9.17) is 0 Å². The molecule has 0 unspecified atom stereocenters. The van der Waals surface area contributed by atoms with Crippen LogP contribution in [0.3, 0.4) is 0 Å². The minimum absolute atomic E-state index is 0.118. The van der Waals surface area contributed by atoms with Gasteiger partial charge in [-0.15, -0.1) is 0 Å². The molecule has 37 heavy (non-hydrogen) atoms. The number of carbonyl (C=O) groups is 2. The van der Waals surface area contributed by atoms with E-state index in [9.17, 15) is 14.0 Å². The predicted octanol–water partition coefficient (Wildman–Crippen LogP) is 6.07. The number of nitrogens with zero attached hydrogens (tertiary/aromatic N) is 1. The van der Waals surface area contributed by atoms with Crippen LogP contribution in [0.5, 0.6) is 0 Å². The fraction of sp³-hybridized carbons (Fsp3) is 0.375. The predicted molar refractivity (Wildman–Crippen MR) is 146 cm³/mol. The SMILES string of the molecule is Cc1ccc(CC(=O)N(Cc2ccc(F)cc2)[C@H](Cc2ccccc2)C(=O)NC2CCCCC2)cc1C. The molecule has 1 atom stereocenters. The van der Waals surface area contributed by atoms with Gasteiger partial charge in [0, 0.05) is 19.0 Å². The van der Waals surface area contributed by atoms with Crippen LogP contribution < -0.4 is 5.32 Å². The molecule has 4 nitrogen and oxygen atoms in total. The minimum atomic E-state index is -0.673. The average Bonchev–Trinajstić information content (AvgIpc) is 2.90. The highest BCUT2D eigenvalue weighted by Crippen LogP contribution is 2.21. The van der Waals surface area contributed by atoms with Crippen molar-refractivity contribution in [2.45, 2.75) is 77.4 Å². The molecule has 0 radical (unpaired) electrons. The van der Waals surface area contributed by atoms with Crippen LogP contribution in [0.2, 0.25) is 0 Å². The Morgan fingerprint density at radius 3 is 2.22 bits per heavy atom. The Morgan fingerprint density at radius 2 is 1.54 bits per heavy atom. The molecule has 0 bridgehead atoms. The molecule has 0 aliphatic heterocycles. The average molecular weight is 501 g/mol. The van der Waals surface area contributed by atoms with Gasteiger partial charge in [-0.3, -0.25) is 9.59 Å². The summed E-state index contributed by atoms with van der Waals surface area (Å²) in [6.07, 6.45) is 5.98. The van der Waals surface area contributed by atoms with Crippen molar-refractivity contribution in [3.63, 3.8) is 0 Å². The first-order valence-electron chi connectivity index (χ1n) is 13.3. The first kappa shape index (κ1) is 26.6. The Labute approximate surface area is 219 Å². The van der Waals surface area contributed by atoms with E-state index in [1.54, 1.807) is 17.0 Å². The van der Waals surface area contributed by atoms with Crippen molar-refractivity contribution in [3.8, 4) is 0 Å².